The van der Waals surface area contributed by atoms with Crippen molar-refractivity contribution in [1.82, 2.24) is 9.55 Å². The molecule has 6 nitrogen and oxygen atoms in total. The Labute approximate surface area is 149 Å². The minimum atomic E-state index is -3.53. The Morgan fingerprint density at radius 3 is 2.50 bits per heavy atom. The van der Waals surface area contributed by atoms with E-state index in [9.17, 15) is 17.6 Å². The molecule has 132 valence electrons. The number of sulfone groups is 1. The van der Waals surface area contributed by atoms with Crippen LogP contribution in [0.25, 0.3) is 11.3 Å². The van der Waals surface area contributed by atoms with Crippen molar-refractivity contribution >= 4 is 21.4 Å². The van der Waals surface area contributed by atoms with Gasteiger partial charge < -0.3 is 9.88 Å². The number of hydrogen-bond acceptors (Lipinski definition) is 4. The summed E-state index contributed by atoms with van der Waals surface area (Å²) in [6, 6.07) is 14.6. The highest BCUT2D eigenvalue weighted by Gasteiger charge is 2.35. The molecule has 0 bridgehead atoms. The average molecular weight is 371 g/mol. The molecule has 1 N–H and O–H groups in total. The number of imidazole rings is 1. The highest BCUT2D eigenvalue weighted by Crippen LogP contribution is 2.31. The molecule has 1 aliphatic rings. The molecule has 4 rings (SSSR count). The Bertz CT molecular complexity index is 1110. The number of para-hydroxylation sites is 1. The van der Waals surface area contributed by atoms with Crippen LogP contribution in [-0.4, -0.2) is 29.6 Å². The van der Waals surface area contributed by atoms with Crippen LogP contribution in [0, 0.1) is 5.82 Å². The van der Waals surface area contributed by atoms with Gasteiger partial charge in [-0.2, -0.15) is 0 Å². The van der Waals surface area contributed by atoms with Crippen LogP contribution in [-0.2, 0) is 16.4 Å². The first-order valence-corrected chi connectivity index (χ1v) is 9.57. The number of anilines is 1. The van der Waals surface area contributed by atoms with E-state index in [0.717, 1.165) is 0 Å². The standard InChI is InChI=1S/C18H14FN3O3S/c19-13-8-4-5-9-14(13)20-17(23)16-15(12-6-2-1-3-7-12)21-18-22(16)10-11-26(18,24)25/h1-9H,10-11H2,(H,20,23). The molecule has 1 amide bonds. The molecule has 0 fully saturated rings. The van der Waals surface area contributed by atoms with Crippen LogP contribution < -0.4 is 5.32 Å². The number of benzene rings is 2. The third kappa shape index (κ3) is 2.68. The van der Waals surface area contributed by atoms with E-state index in [4.69, 9.17) is 0 Å². The van der Waals surface area contributed by atoms with Gasteiger partial charge in [-0.15, -0.1) is 0 Å². The number of hydrogen-bond donors (Lipinski definition) is 1. The van der Waals surface area contributed by atoms with Crippen LogP contribution in [0.15, 0.2) is 59.8 Å². The molecule has 3 aromatic rings. The van der Waals surface area contributed by atoms with Crippen LogP contribution in [0.3, 0.4) is 0 Å². The topological polar surface area (TPSA) is 81.1 Å². The number of aromatic nitrogens is 2. The van der Waals surface area contributed by atoms with Crippen LogP contribution >= 0.6 is 0 Å². The predicted octanol–water partition coefficient (Wildman–Crippen LogP) is 2.73. The van der Waals surface area contributed by atoms with Crippen LogP contribution in [0.2, 0.25) is 0 Å². The molecule has 8 heteroatoms. The van der Waals surface area contributed by atoms with E-state index in [1.165, 1.54) is 22.8 Å². The van der Waals surface area contributed by atoms with E-state index in [-0.39, 0.29) is 34.5 Å². The van der Waals surface area contributed by atoms with E-state index in [1.54, 1.807) is 30.3 Å². The molecule has 0 aliphatic carbocycles. The lowest BCUT2D eigenvalue weighted by Gasteiger charge is -2.09. The maximum absolute atomic E-state index is 13.9. The van der Waals surface area contributed by atoms with Gasteiger partial charge >= 0.3 is 0 Å². The Kier molecular flexibility index (Phi) is 3.84. The third-order valence-electron chi connectivity index (χ3n) is 4.18. The molecule has 26 heavy (non-hydrogen) atoms. The maximum Gasteiger partial charge on any atom is 0.274 e. The lowest BCUT2D eigenvalue weighted by molar-refractivity contribution is 0.101. The van der Waals surface area contributed by atoms with Gasteiger partial charge in [0.2, 0.25) is 15.0 Å². The number of halogens is 1. The van der Waals surface area contributed by atoms with E-state index in [1.807, 2.05) is 6.07 Å². The number of rotatable bonds is 3. The van der Waals surface area contributed by atoms with Gasteiger partial charge in [0.25, 0.3) is 5.91 Å². The minimum Gasteiger partial charge on any atom is -0.318 e. The molecule has 0 atom stereocenters. The van der Waals surface area contributed by atoms with Crippen molar-refractivity contribution in [3.05, 3.63) is 66.1 Å². The fourth-order valence-electron chi connectivity index (χ4n) is 2.95. The molecular weight excluding hydrogens is 357 g/mol. The van der Waals surface area contributed by atoms with Crippen molar-refractivity contribution in [3.63, 3.8) is 0 Å². The Hall–Kier alpha value is -3.00. The van der Waals surface area contributed by atoms with Gasteiger partial charge in [0.05, 0.1) is 11.4 Å². The zero-order valence-corrected chi connectivity index (χ0v) is 14.3. The monoisotopic (exact) mass is 371 g/mol. The van der Waals surface area contributed by atoms with E-state index in [0.29, 0.717) is 5.56 Å². The first-order chi connectivity index (χ1) is 12.5. The Morgan fingerprint density at radius 1 is 1.08 bits per heavy atom. The number of amides is 1. The quantitative estimate of drug-likeness (QED) is 0.768. The Morgan fingerprint density at radius 2 is 1.77 bits per heavy atom. The summed E-state index contributed by atoms with van der Waals surface area (Å²) in [6.45, 7) is 0.136. The number of fused-ring (bicyclic) bond motifs is 1. The van der Waals surface area contributed by atoms with Crippen molar-refractivity contribution < 1.29 is 17.6 Å². The van der Waals surface area contributed by atoms with Crippen molar-refractivity contribution in [1.29, 1.82) is 0 Å². The fraction of sp³-hybridized carbons (Fsp3) is 0.111. The highest BCUT2D eigenvalue weighted by atomic mass is 32.2. The summed E-state index contributed by atoms with van der Waals surface area (Å²) in [5.41, 5.74) is 1.00. The lowest BCUT2D eigenvalue weighted by atomic mass is 10.1. The normalized spacial score (nSPS) is 14.8. The smallest absolute Gasteiger partial charge is 0.274 e. The molecule has 0 saturated carbocycles. The second-order valence-electron chi connectivity index (χ2n) is 5.86. The molecular formula is C18H14FN3O3S. The Balaban J connectivity index is 1.85. The zero-order chi connectivity index (χ0) is 18.3. The molecule has 0 spiro atoms. The lowest BCUT2D eigenvalue weighted by Crippen LogP contribution is -2.18. The van der Waals surface area contributed by atoms with Gasteiger partial charge in [0.15, 0.2) is 0 Å². The SMILES string of the molecule is O=C(Nc1ccccc1F)c1c(-c2ccccc2)nc2n1CCS2(=O)=O. The van der Waals surface area contributed by atoms with Gasteiger partial charge in [-0.05, 0) is 12.1 Å². The van der Waals surface area contributed by atoms with Crippen molar-refractivity contribution in [3.8, 4) is 11.3 Å². The minimum absolute atomic E-state index is 0.0212. The highest BCUT2D eigenvalue weighted by molar-refractivity contribution is 7.91. The number of nitrogens with one attached hydrogen (secondary N) is 1. The first-order valence-electron chi connectivity index (χ1n) is 7.92. The molecule has 2 aromatic carbocycles. The molecule has 1 aromatic heterocycles. The largest absolute Gasteiger partial charge is 0.318 e. The third-order valence-corrected chi connectivity index (χ3v) is 5.77. The molecule has 0 radical (unpaired) electrons. The van der Waals surface area contributed by atoms with Crippen LogP contribution in [0.5, 0.6) is 0 Å². The maximum atomic E-state index is 13.9. The molecule has 0 saturated heterocycles. The van der Waals surface area contributed by atoms with Gasteiger partial charge in [-0.3, -0.25) is 4.79 Å². The van der Waals surface area contributed by atoms with E-state index in [2.05, 4.69) is 10.3 Å². The zero-order valence-electron chi connectivity index (χ0n) is 13.5. The number of carbonyl (C=O) groups is 1. The van der Waals surface area contributed by atoms with Crippen molar-refractivity contribution in [2.75, 3.05) is 11.1 Å². The average Bonchev–Trinajstić information content (AvgIpc) is 3.15. The summed E-state index contributed by atoms with van der Waals surface area (Å²) >= 11 is 0. The predicted molar refractivity (Wildman–Crippen MR) is 94.1 cm³/mol. The van der Waals surface area contributed by atoms with Crippen molar-refractivity contribution in [2.45, 2.75) is 11.7 Å². The number of carbonyl (C=O) groups excluding carboxylic acids is 1. The molecule has 2 heterocycles. The second kappa shape index (κ2) is 6.06. The van der Waals surface area contributed by atoms with Gasteiger partial charge in [0.1, 0.15) is 17.2 Å². The van der Waals surface area contributed by atoms with Crippen LogP contribution in [0.4, 0.5) is 10.1 Å². The summed E-state index contributed by atoms with van der Waals surface area (Å²) < 4.78 is 39.7. The number of nitrogens with zero attached hydrogens (tertiary/aromatic N) is 2. The summed E-state index contributed by atoms with van der Waals surface area (Å²) in [6.07, 6.45) is 0. The summed E-state index contributed by atoms with van der Waals surface area (Å²) in [7, 11) is -3.53. The summed E-state index contributed by atoms with van der Waals surface area (Å²) in [5, 5.41) is 2.38. The fourth-order valence-corrected chi connectivity index (χ4v) is 4.31. The molecule has 0 unspecified atom stereocenters. The molecule has 1 aliphatic heterocycles. The van der Waals surface area contributed by atoms with Gasteiger partial charge in [-0.25, -0.2) is 17.8 Å². The summed E-state index contributed by atoms with van der Waals surface area (Å²) in [5.74, 6) is -1.29. The van der Waals surface area contributed by atoms with Gasteiger partial charge in [-0.1, -0.05) is 42.5 Å². The second-order valence-corrected chi connectivity index (χ2v) is 7.86. The first kappa shape index (κ1) is 16.5. The van der Waals surface area contributed by atoms with E-state index >= 15 is 0 Å². The van der Waals surface area contributed by atoms with E-state index < -0.39 is 21.6 Å². The van der Waals surface area contributed by atoms with Crippen molar-refractivity contribution in [2.24, 2.45) is 0 Å². The summed E-state index contributed by atoms with van der Waals surface area (Å²) in [4.78, 5) is 17.1. The van der Waals surface area contributed by atoms with Gasteiger partial charge in [0, 0.05) is 12.1 Å². The van der Waals surface area contributed by atoms with Crippen LogP contribution in [0.1, 0.15) is 10.5 Å².